The van der Waals surface area contributed by atoms with Crippen LogP contribution in [-0.2, 0) is 19.5 Å². The Balaban J connectivity index is 0.0000206. The number of hydrogen-bond acceptors (Lipinski definition) is 6. The smallest absolute Gasteiger partial charge is 0.494 e. The summed E-state index contributed by atoms with van der Waals surface area (Å²) in [5.74, 6) is 3.47. The van der Waals surface area contributed by atoms with E-state index in [1.165, 1.54) is 328 Å². The normalized spacial score (nSPS) is 12.4. The fourth-order valence-electron chi connectivity index (χ4n) is 20.4. The van der Waals surface area contributed by atoms with Gasteiger partial charge in [0.1, 0.15) is 23.0 Å². The van der Waals surface area contributed by atoms with Crippen molar-refractivity contribution in [1.29, 1.82) is 0 Å². The van der Waals surface area contributed by atoms with Crippen LogP contribution in [0, 0.1) is 0 Å². The maximum absolute atomic E-state index is 6.82. The molecule has 7 aromatic rings. The van der Waals surface area contributed by atoms with Crippen LogP contribution in [0.4, 0.5) is 0 Å². The van der Waals surface area contributed by atoms with Gasteiger partial charge in [-0.15, -0.1) is 0 Å². The predicted molar refractivity (Wildman–Crippen MR) is 554 cm³/mol. The molecule has 0 unspecified atom stereocenters. The first kappa shape index (κ1) is 107. The quantitative estimate of drug-likeness (QED) is 0.0224. The number of hydrogen-bond donors (Lipinski definition) is 2. The van der Waals surface area contributed by atoms with Crippen LogP contribution in [0.5, 0.6) is 23.0 Å². The molecule has 3 aromatic heterocycles. The van der Waals surface area contributed by atoms with Crippen molar-refractivity contribution in [2.45, 2.75) is 340 Å². The summed E-state index contributed by atoms with van der Waals surface area (Å²) in [4.78, 5) is 19.9. The summed E-state index contributed by atoms with van der Waals surface area (Å²) < 4.78 is 32.5. The zero-order chi connectivity index (χ0) is 90.6. The molecule has 129 heavy (non-hydrogen) atoms. The summed E-state index contributed by atoms with van der Waals surface area (Å²) in [6.45, 7) is 52.1. The molecule has 12 nitrogen and oxygen atoms in total. The number of fused-ring (bicyclic) bond motifs is 8. The SMILES string of the molecule is CCCC[N+](CCCC)(CCCC)CCCCCCOc1cccc(-c2c3nc(c(-c4cccc(OCCCCCC[N+](CCCC)(CCCC)CCCC)c4)c4ccc([nH]4)c(-c4cccc(OCCCCCC[N+](CCCC)(CCCC)CCCC)c4)c4nc(c(-c5cccc(OCCCCCC[N+](CCCC)(CCCC)CCCC)c5)c5ccc2[nH]5)C=C4)C=C3)c1.[Zn+2]. The molecule has 5 heterocycles. The second kappa shape index (κ2) is 61.1. The number of benzene rings is 4. The number of nitrogens with one attached hydrogen (secondary N) is 2. The van der Waals surface area contributed by atoms with E-state index in [2.05, 4.69) is 239 Å². The number of aromatic nitrogens is 4. The molecule has 0 fully saturated rings. The Morgan fingerprint density at radius 3 is 0.558 bits per heavy atom. The second-order valence-corrected chi connectivity index (χ2v) is 38.9. The van der Waals surface area contributed by atoms with Crippen molar-refractivity contribution in [3.8, 4) is 67.5 Å². The number of ether oxygens (including phenoxy) is 4. The van der Waals surface area contributed by atoms with Crippen molar-refractivity contribution in [3.05, 3.63) is 144 Å². The zero-order valence-electron chi connectivity index (χ0n) is 84.3. The Bertz CT molecular complexity index is 3840. The van der Waals surface area contributed by atoms with Crippen LogP contribution in [0.25, 0.3) is 90.9 Å². The number of quaternary nitrogens is 4. The van der Waals surface area contributed by atoms with Gasteiger partial charge in [0.05, 0.1) is 154 Å². The van der Waals surface area contributed by atoms with Gasteiger partial charge in [0, 0.05) is 44.3 Å². The van der Waals surface area contributed by atoms with E-state index < -0.39 is 0 Å². The molecule has 0 radical (unpaired) electrons. The van der Waals surface area contributed by atoms with Crippen molar-refractivity contribution in [2.75, 3.05) is 131 Å². The van der Waals surface area contributed by atoms with E-state index in [1.807, 2.05) is 0 Å². The fraction of sp³-hybridized carbons (Fsp3) is 0.621. The topological polar surface area (TPSA) is 94.3 Å². The minimum absolute atomic E-state index is 0. The number of H-pyrrole nitrogens is 2. The predicted octanol–water partition coefficient (Wildman–Crippen LogP) is 31.9. The Morgan fingerprint density at radius 1 is 0.209 bits per heavy atom. The van der Waals surface area contributed by atoms with E-state index in [9.17, 15) is 0 Å². The molecule has 4 aromatic carbocycles. The van der Waals surface area contributed by atoms with Crippen LogP contribution in [0.15, 0.2) is 121 Å². The van der Waals surface area contributed by atoms with E-state index in [-0.39, 0.29) is 19.5 Å². The molecular weight excluding hydrogens is 1630 g/mol. The molecule has 0 amide bonds. The van der Waals surface area contributed by atoms with Gasteiger partial charge in [-0.25, -0.2) is 9.97 Å². The molecule has 2 aliphatic heterocycles. The van der Waals surface area contributed by atoms with Crippen molar-refractivity contribution < 1.29 is 56.4 Å². The Kier molecular flexibility index (Phi) is 50.9. The standard InChI is InChI=1S/C116H182N8O4.Zn/c1-13-25-73-121(74-26-14-2,75-27-15-3)85-45-37-41-49-89-125-101-61-53-57-97(93-101)113-105-65-67-107(117-105)114(98-58-54-62-102(94-98)126-90-50-42-38-46-86-122(76-28-16-4,77-29-17-5)78-30-18-6)109-69-71-111(119-109)116(100-60-56-64-104(96-100)128-92-52-44-40-48-88-124(82-34-22-10,83-35-23-11)84-36-24-12)112-72-70-110(120-112)115(108-68-66-106(113)118-108)99-59-55-63-103(95-99)127-91-51-43-39-47-87-123(79-31-19-7,80-32-20-8)81-33-21-9;/h53-72,93-96,117,120H,13-52,73-92H2,1-12H3;/q+4;+2. The van der Waals surface area contributed by atoms with Crippen LogP contribution in [0.3, 0.4) is 0 Å². The van der Waals surface area contributed by atoms with Crippen molar-refractivity contribution >= 4 is 46.4 Å². The van der Waals surface area contributed by atoms with Crippen molar-refractivity contribution in [3.63, 3.8) is 0 Å². The summed E-state index contributed by atoms with van der Waals surface area (Å²) in [6.07, 6.45) is 58.9. The molecular formula is C116H182N8O4Zn+6. The fourth-order valence-corrected chi connectivity index (χ4v) is 20.4. The number of aromatic amines is 2. The first-order chi connectivity index (χ1) is 62.8. The Hall–Kier alpha value is -6.86. The van der Waals surface area contributed by atoms with Gasteiger partial charge in [0.25, 0.3) is 0 Å². The zero-order valence-corrected chi connectivity index (χ0v) is 87.3. The summed E-state index contributed by atoms with van der Waals surface area (Å²) in [5, 5.41) is 0. The molecule has 0 atom stereocenters. The van der Waals surface area contributed by atoms with Crippen molar-refractivity contribution in [2.24, 2.45) is 0 Å². The summed E-state index contributed by atoms with van der Waals surface area (Å²) >= 11 is 0. The molecule has 13 heteroatoms. The third kappa shape index (κ3) is 35.2. The van der Waals surface area contributed by atoms with E-state index in [1.54, 1.807) is 0 Å². The van der Waals surface area contributed by atoms with Crippen LogP contribution >= 0.6 is 0 Å². The minimum Gasteiger partial charge on any atom is -0.494 e. The van der Waals surface area contributed by atoms with E-state index in [0.29, 0.717) is 26.4 Å². The summed E-state index contributed by atoms with van der Waals surface area (Å²) in [6, 6.07) is 44.1. The molecule has 706 valence electrons. The summed E-state index contributed by atoms with van der Waals surface area (Å²) in [5.41, 5.74) is 15.4. The van der Waals surface area contributed by atoms with E-state index in [0.717, 1.165) is 164 Å². The van der Waals surface area contributed by atoms with E-state index >= 15 is 0 Å². The van der Waals surface area contributed by atoms with E-state index in [4.69, 9.17) is 28.9 Å². The maximum atomic E-state index is 6.82. The molecule has 2 N–H and O–H groups in total. The first-order valence-electron chi connectivity index (χ1n) is 53.3. The first-order valence-corrected chi connectivity index (χ1v) is 53.3. The molecule has 0 aliphatic carbocycles. The van der Waals surface area contributed by atoms with Gasteiger partial charge in [0.2, 0.25) is 0 Å². The minimum atomic E-state index is 0. The molecule has 0 saturated heterocycles. The molecule has 9 rings (SSSR count). The van der Waals surface area contributed by atoms with Crippen LogP contribution in [-0.4, -0.2) is 169 Å². The third-order valence-corrected chi connectivity index (χ3v) is 28.3. The molecule has 2 aliphatic rings. The van der Waals surface area contributed by atoms with Crippen LogP contribution < -0.4 is 18.9 Å². The number of nitrogens with zero attached hydrogens (tertiary/aromatic N) is 6. The van der Waals surface area contributed by atoms with Gasteiger partial charge >= 0.3 is 19.5 Å². The van der Waals surface area contributed by atoms with Gasteiger partial charge < -0.3 is 46.8 Å². The molecule has 8 bridgehead atoms. The van der Waals surface area contributed by atoms with Gasteiger partial charge in [-0.2, -0.15) is 0 Å². The maximum Gasteiger partial charge on any atom is 2.00 e. The Labute approximate surface area is 800 Å². The van der Waals surface area contributed by atoms with Crippen LogP contribution in [0.1, 0.15) is 363 Å². The van der Waals surface area contributed by atoms with Gasteiger partial charge in [0.15, 0.2) is 0 Å². The second-order valence-electron chi connectivity index (χ2n) is 38.9. The average molecular weight is 1820 g/mol. The third-order valence-electron chi connectivity index (χ3n) is 28.3. The van der Waals surface area contributed by atoms with Crippen LogP contribution in [0.2, 0.25) is 0 Å². The Morgan fingerprint density at radius 2 is 0.380 bits per heavy atom. The molecule has 0 saturated carbocycles. The van der Waals surface area contributed by atoms with Crippen molar-refractivity contribution in [1.82, 2.24) is 19.9 Å². The van der Waals surface area contributed by atoms with Gasteiger partial charge in [-0.3, -0.25) is 0 Å². The number of unbranched alkanes of at least 4 members (excludes halogenated alkanes) is 24. The average Bonchev–Trinajstić information content (AvgIpc) is 1.61. The van der Waals surface area contributed by atoms with Gasteiger partial charge in [-0.05, 0) is 299 Å². The molecule has 0 spiro atoms. The number of rotatable bonds is 72. The largest absolute Gasteiger partial charge is 2.00 e. The van der Waals surface area contributed by atoms with Gasteiger partial charge in [-0.1, -0.05) is 209 Å². The monoisotopic (exact) mass is 1820 g/mol. The summed E-state index contributed by atoms with van der Waals surface area (Å²) in [7, 11) is 0.